The second kappa shape index (κ2) is 6.74. The Bertz CT molecular complexity index is 852. The molecule has 0 saturated heterocycles. The summed E-state index contributed by atoms with van der Waals surface area (Å²) < 4.78 is 5.16. The first-order valence-corrected chi connectivity index (χ1v) is 7.91. The number of pyridine rings is 1. The van der Waals surface area contributed by atoms with E-state index in [9.17, 15) is 9.59 Å². The molecule has 2 aromatic rings. The Hall–Kier alpha value is -2.82. The van der Waals surface area contributed by atoms with Gasteiger partial charge in [0.05, 0.1) is 12.7 Å². The minimum Gasteiger partial charge on any atom is -0.496 e. The van der Waals surface area contributed by atoms with Crippen molar-refractivity contribution in [2.45, 2.75) is 13.3 Å². The number of aryl methyl sites for hydroxylation is 1. The number of aromatic amines is 1. The van der Waals surface area contributed by atoms with Crippen LogP contribution in [0.3, 0.4) is 0 Å². The van der Waals surface area contributed by atoms with Gasteiger partial charge >= 0.3 is 0 Å². The van der Waals surface area contributed by atoms with Crippen molar-refractivity contribution in [3.63, 3.8) is 0 Å². The molecule has 2 heterocycles. The fraction of sp³-hybridized carbons (Fsp3) is 0.263. The van der Waals surface area contributed by atoms with Crippen LogP contribution in [0.1, 0.15) is 27.9 Å². The molecule has 0 radical (unpaired) electrons. The first-order chi connectivity index (χ1) is 11.6. The predicted octanol–water partition coefficient (Wildman–Crippen LogP) is 2.62. The van der Waals surface area contributed by atoms with Crippen LogP contribution in [0.25, 0.3) is 5.57 Å². The number of methoxy groups -OCH3 is 1. The van der Waals surface area contributed by atoms with Gasteiger partial charge in [0.1, 0.15) is 5.75 Å². The molecule has 124 valence electrons. The van der Waals surface area contributed by atoms with Crippen molar-refractivity contribution in [1.29, 1.82) is 0 Å². The smallest absolute Gasteiger partial charge is 0.259 e. The Labute approximate surface area is 140 Å². The lowest BCUT2D eigenvalue weighted by Gasteiger charge is -2.27. The largest absolute Gasteiger partial charge is 0.496 e. The first kappa shape index (κ1) is 16.1. The quantitative estimate of drug-likeness (QED) is 0.944. The molecule has 0 unspecified atom stereocenters. The van der Waals surface area contributed by atoms with E-state index in [1.54, 1.807) is 4.90 Å². The van der Waals surface area contributed by atoms with E-state index in [2.05, 4.69) is 30.1 Å². The van der Waals surface area contributed by atoms with Gasteiger partial charge in [-0.2, -0.15) is 0 Å². The van der Waals surface area contributed by atoms with Crippen molar-refractivity contribution in [3.8, 4) is 5.75 Å². The Morgan fingerprint density at radius 1 is 1.29 bits per heavy atom. The highest BCUT2D eigenvalue weighted by Crippen LogP contribution is 2.26. The highest BCUT2D eigenvalue weighted by Gasteiger charge is 2.22. The lowest BCUT2D eigenvalue weighted by atomic mass is 9.95. The van der Waals surface area contributed by atoms with Crippen LogP contribution in [0, 0.1) is 6.92 Å². The zero-order valence-corrected chi connectivity index (χ0v) is 13.8. The molecule has 0 atom stereocenters. The maximum absolute atomic E-state index is 12.7. The standard InChI is InChI=1S/C19H20N2O3/c1-13-5-3-4-6-15(13)14-7-9-21(10-8-14)19(23)16-12-20-18(22)11-17(16)24-2/h3-7,11-12H,8-10H2,1-2H3,(H,20,22). The van der Waals surface area contributed by atoms with Crippen LogP contribution in [-0.4, -0.2) is 36.0 Å². The third-order valence-electron chi connectivity index (χ3n) is 4.32. The molecule has 1 aliphatic heterocycles. The molecule has 0 bridgehead atoms. The summed E-state index contributed by atoms with van der Waals surface area (Å²) in [7, 11) is 1.46. The summed E-state index contributed by atoms with van der Waals surface area (Å²) in [5.74, 6) is 0.167. The normalized spacial score (nSPS) is 14.2. The van der Waals surface area contributed by atoms with E-state index in [0.29, 0.717) is 24.4 Å². The van der Waals surface area contributed by atoms with E-state index in [4.69, 9.17) is 4.74 Å². The number of rotatable bonds is 3. The van der Waals surface area contributed by atoms with E-state index >= 15 is 0 Å². The zero-order valence-electron chi connectivity index (χ0n) is 13.8. The molecular weight excluding hydrogens is 304 g/mol. The summed E-state index contributed by atoms with van der Waals surface area (Å²) >= 11 is 0. The van der Waals surface area contributed by atoms with E-state index in [0.717, 1.165) is 6.42 Å². The van der Waals surface area contributed by atoms with Gasteiger partial charge in [-0.1, -0.05) is 30.3 Å². The second-order valence-electron chi connectivity index (χ2n) is 5.82. The Morgan fingerprint density at radius 2 is 2.08 bits per heavy atom. The molecule has 0 spiro atoms. The molecule has 3 rings (SSSR count). The molecule has 0 fully saturated rings. The maximum atomic E-state index is 12.7. The number of carbonyl (C=O) groups is 1. The number of hydrogen-bond acceptors (Lipinski definition) is 3. The number of amides is 1. The third kappa shape index (κ3) is 3.11. The number of aromatic nitrogens is 1. The SMILES string of the molecule is COc1cc(=O)[nH]cc1C(=O)N1CC=C(c2ccccc2C)CC1. The van der Waals surface area contributed by atoms with Crippen LogP contribution in [-0.2, 0) is 0 Å². The summed E-state index contributed by atoms with van der Waals surface area (Å²) in [6, 6.07) is 9.57. The number of nitrogens with zero attached hydrogens (tertiary/aromatic N) is 1. The number of H-pyrrole nitrogens is 1. The highest BCUT2D eigenvalue weighted by molar-refractivity contribution is 5.97. The van der Waals surface area contributed by atoms with Crippen molar-refractivity contribution >= 4 is 11.5 Å². The van der Waals surface area contributed by atoms with Crippen LogP contribution in [0.2, 0.25) is 0 Å². The molecule has 1 aromatic carbocycles. The van der Waals surface area contributed by atoms with Crippen molar-refractivity contribution in [2.75, 3.05) is 20.2 Å². The third-order valence-corrected chi connectivity index (χ3v) is 4.32. The van der Waals surface area contributed by atoms with Crippen LogP contribution in [0.15, 0.2) is 47.4 Å². The summed E-state index contributed by atoms with van der Waals surface area (Å²) in [6.45, 7) is 3.28. The van der Waals surface area contributed by atoms with Gasteiger partial charge in [-0.3, -0.25) is 9.59 Å². The second-order valence-corrected chi connectivity index (χ2v) is 5.82. The molecule has 5 nitrogen and oxygen atoms in total. The molecule has 1 N–H and O–H groups in total. The minimum atomic E-state index is -0.288. The first-order valence-electron chi connectivity index (χ1n) is 7.91. The van der Waals surface area contributed by atoms with Crippen molar-refractivity contribution in [2.24, 2.45) is 0 Å². The van der Waals surface area contributed by atoms with E-state index in [1.165, 1.54) is 36.1 Å². The molecule has 1 aliphatic rings. The fourth-order valence-electron chi connectivity index (χ4n) is 2.99. The van der Waals surface area contributed by atoms with E-state index < -0.39 is 0 Å². The van der Waals surface area contributed by atoms with Gasteiger partial charge in [-0.05, 0) is 30.0 Å². The van der Waals surface area contributed by atoms with Gasteiger partial charge in [0.25, 0.3) is 11.5 Å². The van der Waals surface area contributed by atoms with Crippen LogP contribution in [0.5, 0.6) is 5.75 Å². The van der Waals surface area contributed by atoms with Gasteiger partial charge in [0.15, 0.2) is 0 Å². The van der Waals surface area contributed by atoms with Crippen molar-refractivity contribution in [3.05, 3.63) is 69.6 Å². The fourth-order valence-corrected chi connectivity index (χ4v) is 2.99. The summed E-state index contributed by atoms with van der Waals surface area (Å²) in [5.41, 5.74) is 3.84. The van der Waals surface area contributed by atoms with Crippen LogP contribution in [0.4, 0.5) is 0 Å². The molecule has 0 saturated carbocycles. The Kier molecular flexibility index (Phi) is 4.51. The topological polar surface area (TPSA) is 62.4 Å². The lowest BCUT2D eigenvalue weighted by Crippen LogP contribution is -2.35. The van der Waals surface area contributed by atoms with Crippen molar-refractivity contribution in [1.82, 2.24) is 9.88 Å². The van der Waals surface area contributed by atoms with Crippen molar-refractivity contribution < 1.29 is 9.53 Å². The highest BCUT2D eigenvalue weighted by atomic mass is 16.5. The van der Waals surface area contributed by atoms with Gasteiger partial charge in [0.2, 0.25) is 0 Å². The number of hydrogen-bond donors (Lipinski definition) is 1. The van der Waals surface area contributed by atoms with Gasteiger partial charge in [0, 0.05) is 25.4 Å². The van der Waals surface area contributed by atoms with E-state index in [1.807, 2.05) is 12.1 Å². The van der Waals surface area contributed by atoms with E-state index in [-0.39, 0.29) is 11.5 Å². The van der Waals surface area contributed by atoms with Gasteiger partial charge in [-0.15, -0.1) is 0 Å². The average Bonchev–Trinajstić information content (AvgIpc) is 2.61. The number of carbonyl (C=O) groups excluding carboxylic acids is 1. The van der Waals surface area contributed by atoms with Crippen LogP contribution >= 0.6 is 0 Å². The molecule has 1 aromatic heterocycles. The predicted molar refractivity (Wildman–Crippen MR) is 93.3 cm³/mol. The van der Waals surface area contributed by atoms with Gasteiger partial charge in [-0.25, -0.2) is 0 Å². The molecular formula is C19H20N2O3. The number of ether oxygens (including phenoxy) is 1. The molecule has 0 aliphatic carbocycles. The Morgan fingerprint density at radius 3 is 2.75 bits per heavy atom. The minimum absolute atomic E-state index is 0.136. The monoisotopic (exact) mass is 324 g/mol. The lowest BCUT2D eigenvalue weighted by molar-refractivity contribution is 0.0769. The average molecular weight is 324 g/mol. The number of nitrogens with one attached hydrogen (secondary N) is 1. The zero-order chi connectivity index (χ0) is 17.1. The number of benzene rings is 1. The summed E-state index contributed by atoms with van der Waals surface area (Å²) in [4.78, 5) is 28.4. The van der Waals surface area contributed by atoms with Gasteiger partial charge < -0.3 is 14.6 Å². The summed E-state index contributed by atoms with van der Waals surface area (Å²) in [5, 5.41) is 0. The molecule has 5 heteroatoms. The molecule has 24 heavy (non-hydrogen) atoms. The maximum Gasteiger partial charge on any atom is 0.259 e. The Balaban J connectivity index is 1.80. The molecule has 1 amide bonds. The summed E-state index contributed by atoms with van der Waals surface area (Å²) in [6.07, 6.45) is 4.33. The van der Waals surface area contributed by atoms with Crippen LogP contribution < -0.4 is 10.3 Å².